The third kappa shape index (κ3) is 5.88. The lowest BCUT2D eigenvalue weighted by Gasteiger charge is -2.21. The van der Waals surface area contributed by atoms with Crippen molar-refractivity contribution in [2.24, 2.45) is 0 Å². The maximum atomic E-state index is 11.8. The number of amides is 2. The summed E-state index contributed by atoms with van der Waals surface area (Å²) >= 11 is 0. The molecule has 11 nitrogen and oxygen atoms in total. The summed E-state index contributed by atoms with van der Waals surface area (Å²) in [7, 11) is 0. The van der Waals surface area contributed by atoms with Gasteiger partial charge in [-0.15, -0.1) is 5.10 Å². The van der Waals surface area contributed by atoms with E-state index in [4.69, 9.17) is 5.73 Å². The smallest absolute Gasteiger partial charge is 0.319 e. The number of nitrogen functional groups attached to an aromatic ring is 1. The number of benzene rings is 1. The maximum Gasteiger partial charge on any atom is 0.319 e. The van der Waals surface area contributed by atoms with Gasteiger partial charge in [0.1, 0.15) is 12.1 Å². The predicted molar refractivity (Wildman–Crippen MR) is 129 cm³/mol. The normalized spacial score (nSPS) is 13.9. The van der Waals surface area contributed by atoms with E-state index in [-0.39, 0.29) is 12.0 Å². The highest BCUT2D eigenvalue weighted by Gasteiger charge is 2.15. The first-order valence-electron chi connectivity index (χ1n) is 11.3. The van der Waals surface area contributed by atoms with Crippen molar-refractivity contribution in [2.75, 3.05) is 40.9 Å². The topological polar surface area (TPSA) is 139 Å². The summed E-state index contributed by atoms with van der Waals surface area (Å²) < 4.78 is 1.50. The number of urea groups is 1. The summed E-state index contributed by atoms with van der Waals surface area (Å²) in [4.78, 5) is 27.1. The van der Waals surface area contributed by atoms with Gasteiger partial charge in [-0.05, 0) is 43.5 Å². The minimum Gasteiger partial charge on any atom is -0.368 e. The first-order chi connectivity index (χ1) is 16.1. The Morgan fingerprint density at radius 1 is 1.03 bits per heavy atom. The molecule has 1 aliphatic heterocycles. The number of nitrogens with zero attached hydrogens (tertiary/aromatic N) is 6. The van der Waals surface area contributed by atoms with E-state index in [9.17, 15) is 4.79 Å². The molecule has 3 heterocycles. The third-order valence-corrected chi connectivity index (χ3v) is 5.35. The maximum absolute atomic E-state index is 11.8. The van der Waals surface area contributed by atoms with Crippen molar-refractivity contribution in [3.8, 4) is 5.82 Å². The Hall–Kier alpha value is -3.89. The number of carbonyl (C=O) groups excluding carboxylic acids is 1. The molecule has 5 N–H and O–H groups in total. The van der Waals surface area contributed by atoms with E-state index >= 15 is 0 Å². The number of carbonyl (C=O) groups is 1. The van der Waals surface area contributed by atoms with Crippen LogP contribution in [0.2, 0.25) is 0 Å². The number of hydrogen-bond donors (Lipinski definition) is 4. The van der Waals surface area contributed by atoms with Gasteiger partial charge in [0, 0.05) is 37.1 Å². The molecule has 1 aromatic carbocycles. The molecule has 2 amide bonds. The van der Waals surface area contributed by atoms with Crippen LogP contribution in [-0.4, -0.2) is 50.4 Å². The van der Waals surface area contributed by atoms with Crippen molar-refractivity contribution in [3.05, 3.63) is 36.7 Å². The molecule has 2 aromatic heterocycles. The van der Waals surface area contributed by atoms with Crippen molar-refractivity contribution in [2.45, 2.75) is 39.0 Å². The van der Waals surface area contributed by atoms with Gasteiger partial charge >= 0.3 is 6.03 Å². The van der Waals surface area contributed by atoms with Crippen molar-refractivity contribution < 1.29 is 4.79 Å². The van der Waals surface area contributed by atoms with Crippen LogP contribution in [0, 0.1) is 0 Å². The monoisotopic (exact) mass is 450 g/mol. The third-order valence-electron chi connectivity index (χ3n) is 5.35. The summed E-state index contributed by atoms with van der Waals surface area (Å²) in [5, 5.41) is 13.2. The lowest BCUT2D eigenvalue weighted by molar-refractivity contribution is 0.252. The summed E-state index contributed by atoms with van der Waals surface area (Å²) in [5.74, 6) is 2.02. The standard InChI is InChI=1S/C22H30N10O/c1-2-11-24-22(33)28-17-9-7-16(8-10-17)27-21-29-20(23)32(30-21)19-14-18(25-15-26-19)31-12-5-3-4-6-13-31/h7-10,14-15H,2-6,11-13H2,1H3,(H2,24,28,33)(H3,23,27,29,30). The predicted octanol–water partition coefficient (Wildman–Crippen LogP) is 3.30. The Bertz CT molecular complexity index is 1060. The van der Waals surface area contributed by atoms with E-state index in [1.54, 1.807) is 12.1 Å². The van der Waals surface area contributed by atoms with Crippen LogP contribution in [-0.2, 0) is 0 Å². The zero-order valence-electron chi connectivity index (χ0n) is 18.8. The van der Waals surface area contributed by atoms with Crippen LogP contribution in [0.3, 0.4) is 0 Å². The lowest BCUT2D eigenvalue weighted by Crippen LogP contribution is -2.29. The molecular formula is C22H30N10O. The summed E-state index contributed by atoms with van der Waals surface area (Å²) in [6.45, 7) is 4.61. The van der Waals surface area contributed by atoms with Gasteiger partial charge in [0.2, 0.25) is 11.9 Å². The zero-order chi connectivity index (χ0) is 23.0. The molecule has 3 aromatic rings. The fraction of sp³-hybridized carbons (Fsp3) is 0.409. The number of hydrogen-bond acceptors (Lipinski definition) is 8. The Balaban J connectivity index is 1.43. The van der Waals surface area contributed by atoms with Gasteiger partial charge in [0.05, 0.1) is 0 Å². The van der Waals surface area contributed by atoms with Crippen LogP contribution < -0.4 is 26.6 Å². The number of anilines is 5. The van der Waals surface area contributed by atoms with E-state index in [0.29, 0.717) is 24.0 Å². The second-order valence-corrected chi connectivity index (χ2v) is 7.92. The highest BCUT2D eigenvalue weighted by molar-refractivity contribution is 5.89. The highest BCUT2D eigenvalue weighted by atomic mass is 16.2. The molecule has 1 aliphatic rings. The molecule has 0 atom stereocenters. The van der Waals surface area contributed by atoms with Crippen LogP contribution in [0.5, 0.6) is 0 Å². The van der Waals surface area contributed by atoms with Gasteiger partial charge < -0.3 is 26.6 Å². The second kappa shape index (κ2) is 10.6. The van der Waals surface area contributed by atoms with Gasteiger partial charge in [0.15, 0.2) is 5.82 Å². The molecule has 11 heteroatoms. The summed E-state index contributed by atoms with van der Waals surface area (Å²) in [6, 6.07) is 8.92. The van der Waals surface area contributed by atoms with Gasteiger partial charge in [-0.1, -0.05) is 19.8 Å². The Morgan fingerprint density at radius 3 is 2.45 bits per heavy atom. The first kappa shape index (κ1) is 22.3. The highest BCUT2D eigenvalue weighted by Crippen LogP contribution is 2.22. The Kier molecular flexibility index (Phi) is 7.18. The molecule has 1 saturated heterocycles. The average Bonchev–Trinajstić information content (AvgIpc) is 3.01. The lowest BCUT2D eigenvalue weighted by atomic mass is 10.2. The van der Waals surface area contributed by atoms with Crippen LogP contribution in [0.25, 0.3) is 5.82 Å². The number of rotatable bonds is 7. The molecule has 174 valence electrons. The fourth-order valence-electron chi connectivity index (χ4n) is 3.65. The van der Waals surface area contributed by atoms with Gasteiger partial charge in [-0.3, -0.25) is 0 Å². The van der Waals surface area contributed by atoms with Crippen molar-refractivity contribution in [1.29, 1.82) is 0 Å². The zero-order valence-corrected chi connectivity index (χ0v) is 18.8. The van der Waals surface area contributed by atoms with Crippen LogP contribution in [0.1, 0.15) is 39.0 Å². The van der Waals surface area contributed by atoms with Crippen molar-refractivity contribution in [3.63, 3.8) is 0 Å². The minimum atomic E-state index is -0.227. The quantitative estimate of drug-likeness (QED) is 0.430. The number of nitrogens with two attached hydrogens (primary N) is 1. The van der Waals surface area contributed by atoms with Gasteiger partial charge in [-0.25, -0.2) is 14.8 Å². The van der Waals surface area contributed by atoms with Gasteiger partial charge in [-0.2, -0.15) is 9.67 Å². The van der Waals surface area contributed by atoms with Crippen LogP contribution >= 0.6 is 0 Å². The molecule has 0 spiro atoms. The molecule has 4 rings (SSSR count). The largest absolute Gasteiger partial charge is 0.368 e. The average molecular weight is 451 g/mol. The van der Waals surface area contributed by atoms with E-state index in [1.165, 1.54) is 23.9 Å². The number of aromatic nitrogens is 5. The first-order valence-corrected chi connectivity index (χ1v) is 11.3. The fourth-order valence-corrected chi connectivity index (χ4v) is 3.65. The van der Waals surface area contributed by atoms with Crippen molar-refractivity contribution in [1.82, 2.24) is 30.0 Å². The van der Waals surface area contributed by atoms with E-state index in [2.05, 4.69) is 40.9 Å². The van der Waals surface area contributed by atoms with Crippen LogP contribution in [0.4, 0.5) is 33.9 Å². The molecule has 0 aliphatic carbocycles. The number of nitrogens with one attached hydrogen (secondary N) is 3. The van der Waals surface area contributed by atoms with E-state index in [0.717, 1.165) is 43.9 Å². The summed E-state index contributed by atoms with van der Waals surface area (Å²) in [6.07, 6.45) is 7.25. The molecular weight excluding hydrogens is 420 g/mol. The molecule has 0 unspecified atom stereocenters. The molecule has 33 heavy (non-hydrogen) atoms. The SMILES string of the molecule is CCCNC(=O)Nc1ccc(Nc2nc(N)n(-c3cc(N4CCCCCC4)ncn3)n2)cc1. The Labute approximate surface area is 192 Å². The van der Waals surface area contributed by atoms with Gasteiger partial charge in [0.25, 0.3) is 0 Å². The Morgan fingerprint density at radius 2 is 1.73 bits per heavy atom. The summed E-state index contributed by atoms with van der Waals surface area (Å²) in [5.41, 5.74) is 7.57. The van der Waals surface area contributed by atoms with E-state index < -0.39 is 0 Å². The molecule has 0 saturated carbocycles. The van der Waals surface area contributed by atoms with Crippen molar-refractivity contribution >= 4 is 35.1 Å². The second-order valence-electron chi connectivity index (χ2n) is 7.92. The molecule has 1 fully saturated rings. The molecule has 0 bridgehead atoms. The van der Waals surface area contributed by atoms with Crippen LogP contribution in [0.15, 0.2) is 36.7 Å². The van der Waals surface area contributed by atoms with E-state index in [1.807, 2.05) is 25.1 Å². The molecule has 0 radical (unpaired) electrons. The minimum absolute atomic E-state index is 0.226.